The monoisotopic (exact) mass is 756 g/mol. The summed E-state index contributed by atoms with van der Waals surface area (Å²) in [6, 6.07) is 14.0. The average molecular weight is 757 g/mol. The van der Waals surface area contributed by atoms with Crippen LogP contribution in [0.4, 0.5) is 5.69 Å². The maximum atomic E-state index is 13.1. The van der Waals surface area contributed by atoms with Gasteiger partial charge < -0.3 is 29.5 Å². The lowest BCUT2D eigenvalue weighted by molar-refractivity contribution is -0.144. The van der Waals surface area contributed by atoms with E-state index in [9.17, 15) is 9.90 Å². The number of benzene rings is 2. The van der Waals surface area contributed by atoms with E-state index in [-0.39, 0.29) is 11.5 Å². The van der Waals surface area contributed by atoms with E-state index >= 15 is 0 Å². The fourth-order valence-corrected chi connectivity index (χ4v) is 10.5. The Labute approximate surface area is 325 Å². The van der Waals surface area contributed by atoms with Crippen LogP contribution < -0.4 is 19.5 Å². The van der Waals surface area contributed by atoms with Crippen LogP contribution in [0.1, 0.15) is 93.5 Å². The number of aliphatic carboxylic acids is 1. The Morgan fingerprint density at radius 1 is 1.09 bits per heavy atom. The van der Waals surface area contributed by atoms with Crippen LogP contribution in [0.3, 0.4) is 0 Å². The molecule has 2 fully saturated rings. The molecule has 290 valence electrons. The Morgan fingerprint density at radius 2 is 1.91 bits per heavy atom. The van der Waals surface area contributed by atoms with Gasteiger partial charge in [-0.3, -0.25) is 9.88 Å². The lowest BCUT2D eigenvalue weighted by Crippen LogP contribution is -2.53. The molecule has 4 atom stereocenters. The topological polar surface area (TPSA) is 96.4 Å². The summed E-state index contributed by atoms with van der Waals surface area (Å²) >= 11 is 6.33. The summed E-state index contributed by atoms with van der Waals surface area (Å²) in [6.07, 6.45) is 10.7. The van der Waals surface area contributed by atoms with Crippen LogP contribution in [-0.2, 0) is 23.1 Å². The molecule has 0 radical (unpaired) electrons. The van der Waals surface area contributed by atoms with E-state index in [1.165, 1.54) is 35.2 Å². The molecule has 1 spiro atoms. The molecule has 3 heterocycles. The predicted molar refractivity (Wildman–Crippen MR) is 213 cm³/mol. The summed E-state index contributed by atoms with van der Waals surface area (Å²) in [5, 5.41) is 14.8. The van der Waals surface area contributed by atoms with Crippen LogP contribution in [0, 0.1) is 11.8 Å². The van der Waals surface area contributed by atoms with Gasteiger partial charge in [0.25, 0.3) is 0 Å². The number of carbonyl (C=O) groups is 1. The van der Waals surface area contributed by atoms with Crippen LogP contribution >= 0.6 is 11.6 Å². The molecule has 1 aromatic heterocycles. The molecule has 3 aromatic rings. The van der Waals surface area contributed by atoms with Gasteiger partial charge in [0.2, 0.25) is 0 Å². The highest BCUT2D eigenvalue weighted by molar-refractivity contribution is 6.30. The van der Waals surface area contributed by atoms with Crippen molar-refractivity contribution in [3.8, 4) is 17.2 Å². The van der Waals surface area contributed by atoms with E-state index < -0.39 is 11.5 Å². The van der Waals surface area contributed by atoms with Crippen molar-refractivity contribution in [2.75, 3.05) is 58.3 Å². The predicted octanol–water partition coefficient (Wildman–Crippen LogP) is 7.98. The smallest absolute Gasteiger partial charge is 0.329 e. The fraction of sp³-hybridized carbons (Fsp3) is 0.591. The summed E-state index contributed by atoms with van der Waals surface area (Å²) in [7, 11) is 2.19. The van der Waals surface area contributed by atoms with Gasteiger partial charge in [-0.25, -0.2) is 4.79 Å². The average Bonchev–Trinajstić information content (AvgIpc) is 3.28. The van der Waals surface area contributed by atoms with Crippen molar-refractivity contribution in [3.05, 3.63) is 76.1 Å². The summed E-state index contributed by atoms with van der Waals surface area (Å²) in [4.78, 5) is 22.7. The molecule has 5 aliphatic rings. The largest absolute Gasteiger partial charge is 0.493 e. The number of ether oxygens (including phenoxy) is 3. The van der Waals surface area contributed by atoms with Gasteiger partial charge in [0.05, 0.1) is 13.2 Å². The number of rotatable bonds is 10. The van der Waals surface area contributed by atoms with Gasteiger partial charge in [-0.2, -0.15) is 0 Å². The highest BCUT2D eigenvalue weighted by Crippen LogP contribution is 2.58. The summed E-state index contributed by atoms with van der Waals surface area (Å²) < 4.78 is 19.9. The molecule has 10 heteroatoms. The molecular formula is C44H57ClN4O5. The first-order chi connectivity index (χ1) is 26.1. The lowest BCUT2D eigenvalue weighted by Gasteiger charge is -2.47. The van der Waals surface area contributed by atoms with Crippen molar-refractivity contribution < 1.29 is 24.1 Å². The number of fused-ring (bicyclic) bond motifs is 4. The van der Waals surface area contributed by atoms with Crippen molar-refractivity contribution in [2.24, 2.45) is 11.8 Å². The number of piperazine rings is 1. The highest BCUT2D eigenvalue weighted by atomic mass is 35.5. The molecule has 1 saturated carbocycles. The number of pyridine rings is 1. The van der Waals surface area contributed by atoms with Crippen LogP contribution in [0.15, 0.2) is 48.7 Å². The van der Waals surface area contributed by atoms with Crippen LogP contribution in [0.2, 0.25) is 5.02 Å². The number of aromatic nitrogens is 1. The van der Waals surface area contributed by atoms with E-state index in [1.807, 2.05) is 36.5 Å². The number of nitrogens with one attached hydrogen (secondary N) is 1. The molecule has 0 amide bonds. The number of carboxylic acid groups (broad SMARTS) is 1. The Bertz CT molecular complexity index is 1820. The van der Waals surface area contributed by atoms with Crippen molar-refractivity contribution in [2.45, 2.75) is 101 Å². The van der Waals surface area contributed by atoms with Crippen LogP contribution in [-0.4, -0.2) is 90.5 Å². The lowest BCUT2D eigenvalue weighted by atomic mass is 9.59. The number of anilines is 1. The molecule has 0 unspecified atom stereocenters. The van der Waals surface area contributed by atoms with Gasteiger partial charge in [-0.1, -0.05) is 31.5 Å². The molecule has 2 aliphatic heterocycles. The van der Waals surface area contributed by atoms with E-state index in [4.69, 9.17) is 30.8 Å². The normalized spacial score (nSPS) is 28.9. The first kappa shape index (κ1) is 37.4. The van der Waals surface area contributed by atoms with Gasteiger partial charge in [-0.15, -0.1) is 0 Å². The number of carboxylic acids is 1. The third-order valence-electron chi connectivity index (χ3n) is 13.4. The van der Waals surface area contributed by atoms with Crippen LogP contribution in [0.5, 0.6) is 17.2 Å². The number of hydrogen-bond donors (Lipinski definition) is 2. The number of likely N-dealkylation sites (N-methyl/N-ethyl adjacent to an activating group) is 1. The van der Waals surface area contributed by atoms with Crippen molar-refractivity contribution >= 4 is 23.3 Å². The minimum atomic E-state index is -1.08. The van der Waals surface area contributed by atoms with Gasteiger partial charge in [-0.05, 0) is 136 Å². The minimum Gasteiger partial charge on any atom is -0.493 e. The number of nitrogens with zero attached hydrogens (tertiary/aromatic N) is 3. The second-order valence-electron chi connectivity index (χ2n) is 17.1. The van der Waals surface area contributed by atoms with Gasteiger partial charge in [0.1, 0.15) is 17.4 Å². The summed E-state index contributed by atoms with van der Waals surface area (Å²) in [5.74, 6) is 2.96. The first-order valence-corrected chi connectivity index (χ1v) is 20.7. The highest BCUT2D eigenvalue weighted by Gasteiger charge is 2.54. The van der Waals surface area contributed by atoms with Crippen molar-refractivity contribution in [3.63, 3.8) is 0 Å². The molecule has 0 bridgehead atoms. The number of hydrogen-bond acceptors (Lipinski definition) is 8. The zero-order chi connectivity index (χ0) is 37.5. The zero-order valence-electron chi connectivity index (χ0n) is 32.2. The first-order valence-electron chi connectivity index (χ1n) is 20.4. The van der Waals surface area contributed by atoms with E-state index in [0.717, 1.165) is 94.2 Å². The molecule has 8 rings (SSSR count). The number of halogens is 1. The molecule has 1 saturated heterocycles. The fourth-order valence-electron chi connectivity index (χ4n) is 10.3. The summed E-state index contributed by atoms with van der Waals surface area (Å²) in [6.45, 7) is 11.0. The Balaban J connectivity index is 1.05. The van der Waals surface area contributed by atoms with Crippen molar-refractivity contribution in [1.82, 2.24) is 14.8 Å². The standard InChI is InChI=1S/C44H57ClN4O5/c1-29(28-53-38-10-16-46-37-9-4-6-30(2)41(37)38)22-32-23-31-24-39-40(54-35(11-21-52-39)27-49-19-17-48(3)18-20-49)26-36(31)43(32)12-14-44(15-13-43,42(50)51)47-34-8-5-7-33(45)25-34/h5,7-8,10,16,24-26,29-30,32,35,47H,4,6,9,11-15,17-23,27-28H2,1-3H3,(H,50,51)/t29-,30-,32+,35-,43?,44?/m1/s1. The Hall–Kier alpha value is -3.53. The molecular weight excluding hydrogens is 700 g/mol. The van der Waals surface area contributed by atoms with Gasteiger partial charge in [0, 0.05) is 67.3 Å². The molecule has 54 heavy (non-hydrogen) atoms. The van der Waals surface area contributed by atoms with E-state index in [1.54, 1.807) is 0 Å². The second kappa shape index (κ2) is 15.5. The van der Waals surface area contributed by atoms with Crippen molar-refractivity contribution in [1.29, 1.82) is 0 Å². The van der Waals surface area contributed by atoms with E-state index in [2.05, 4.69) is 48.1 Å². The van der Waals surface area contributed by atoms with Gasteiger partial charge >= 0.3 is 5.97 Å². The molecule has 9 nitrogen and oxygen atoms in total. The molecule has 3 aliphatic carbocycles. The SMILES string of the molecule is C[C@@H](COc1ccnc2c1[C@H](C)CCC2)C[C@H]1Cc2cc3c(cc2C12CCC(Nc1cccc(Cl)c1)(C(=O)O)CC2)O[C@@H](CN1CCN(C)CC1)CCO3. The second-order valence-corrected chi connectivity index (χ2v) is 17.6. The summed E-state index contributed by atoms with van der Waals surface area (Å²) in [5.41, 5.74) is 4.60. The Morgan fingerprint density at radius 3 is 2.69 bits per heavy atom. The quantitative estimate of drug-likeness (QED) is 0.214. The van der Waals surface area contributed by atoms with E-state index in [0.29, 0.717) is 48.8 Å². The van der Waals surface area contributed by atoms with Gasteiger partial charge in [0.15, 0.2) is 11.5 Å². The number of aryl methyl sites for hydroxylation is 1. The van der Waals surface area contributed by atoms with Crippen LogP contribution in [0.25, 0.3) is 0 Å². The minimum absolute atomic E-state index is 0.0626. The molecule has 2 N–H and O–H groups in total. The zero-order valence-corrected chi connectivity index (χ0v) is 33.0. The maximum Gasteiger partial charge on any atom is 0.329 e. The third-order valence-corrected chi connectivity index (χ3v) is 13.6. The maximum absolute atomic E-state index is 13.1. The Kier molecular flexibility index (Phi) is 10.8. The third kappa shape index (κ3) is 7.53. The molecule has 2 aromatic carbocycles.